The molecule has 2 heterocycles. The molecule has 1 unspecified atom stereocenters. The van der Waals surface area contributed by atoms with Crippen molar-refractivity contribution in [3.05, 3.63) is 35.4 Å². The minimum Gasteiger partial charge on any atom is -0.365 e. The molecule has 140 valence electrons. The van der Waals surface area contributed by atoms with E-state index in [1.165, 1.54) is 24.5 Å². The van der Waals surface area contributed by atoms with Crippen molar-refractivity contribution < 1.29 is 14.3 Å². The summed E-state index contributed by atoms with van der Waals surface area (Å²) in [7, 11) is 0. The first-order valence-corrected chi connectivity index (χ1v) is 9.87. The lowest BCUT2D eigenvalue weighted by Gasteiger charge is -2.48. The number of nitrogens with zero attached hydrogens (tertiary/aromatic N) is 1. The fourth-order valence-corrected chi connectivity index (χ4v) is 4.57. The van der Waals surface area contributed by atoms with Crippen LogP contribution in [0.1, 0.15) is 50.2 Å². The van der Waals surface area contributed by atoms with E-state index in [9.17, 15) is 9.59 Å². The summed E-state index contributed by atoms with van der Waals surface area (Å²) in [5, 5.41) is 2.90. The molecule has 0 aromatic heterocycles. The zero-order valence-corrected chi connectivity index (χ0v) is 15.5. The number of nitrogens with one attached hydrogen (secondary N) is 1. The maximum absolute atomic E-state index is 12.6. The lowest BCUT2D eigenvalue weighted by molar-refractivity contribution is -0.157. The molecule has 26 heavy (non-hydrogen) atoms. The first kappa shape index (κ1) is 17.5. The van der Waals surface area contributed by atoms with Crippen LogP contribution in [0.15, 0.2) is 24.3 Å². The Morgan fingerprint density at radius 1 is 1.23 bits per heavy atom. The number of fused-ring (bicyclic) bond motifs is 2. The van der Waals surface area contributed by atoms with Crippen molar-refractivity contribution in [2.45, 2.75) is 57.2 Å². The molecule has 0 bridgehead atoms. The van der Waals surface area contributed by atoms with Gasteiger partial charge in [-0.15, -0.1) is 0 Å². The molecule has 2 amide bonds. The van der Waals surface area contributed by atoms with Crippen molar-refractivity contribution in [2.75, 3.05) is 19.6 Å². The minimum atomic E-state index is -0.325. The van der Waals surface area contributed by atoms with Crippen molar-refractivity contribution >= 4 is 11.8 Å². The van der Waals surface area contributed by atoms with Gasteiger partial charge in [-0.1, -0.05) is 30.7 Å². The molecule has 1 saturated heterocycles. The fraction of sp³-hybridized carbons (Fsp3) is 0.619. The average Bonchev–Trinajstić information content (AvgIpc) is 2.59. The van der Waals surface area contributed by atoms with Crippen LogP contribution in [0, 0.1) is 5.92 Å². The van der Waals surface area contributed by atoms with Gasteiger partial charge in [-0.05, 0) is 36.8 Å². The zero-order valence-electron chi connectivity index (χ0n) is 15.5. The van der Waals surface area contributed by atoms with Gasteiger partial charge in [0.1, 0.15) is 0 Å². The third-order valence-corrected chi connectivity index (χ3v) is 6.26. The molecule has 4 rings (SSSR count). The zero-order chi connectivity index (χ0) is 18.1. The maximum atomic E-state index is 12.6. The summed E-state index contributed by atoms with van der Waals surface area (Å²) in [6.07, 6.45) is 5.77. The summed E-state index contributed by atoms with van der Waals surface area (Å²) in [6, 6.07) is 8.49. The van der Waals surface area contributed by atoms with Crippen molar-refractivity contribution in [2.24, 2.45) is 5.92 Å². The summed E-state index contributed by atoms with van der Waals surface area (Å²) in [6.45, 7) is 3.60. The smallest absolute Gasteiger partial charge is 0.225 e. The molecule has 1 saturated carbocycles. The number of piperidine rings is 1. The van der Waals surface area contributed by atoms with Gasteiger partial charge in [-0.3, -0.25) is 9.59 Å². The summed E-state index contributed by atoms with van der Waals surface area (Å²) in [4.78, 5) is 25.9. The van der Waals surface area contributed by atoms with Crippen LogP contribution >= 0.6 is 0 Å². The van der Waals surface area contributed by atoms with Gasteiger partial charge in [0.25, 0.3) is 0 Å². The van der Waals surface area contributed by atoms with Crippen molar-refractivity contribution in [3.63, 3.8) is 0 Å². The lowest BCUT2D eigenvalue weighted by atomic mass is 9.77. The van der Waals surface area contributed by atoms with Crippen molar-refractivity contribution in [1.82, 2.24) is 10.2 Å². The number of amides is 2. The summed E-state index contributed by atoms with van der Waals surface area (Å²) in [5.74, 6) is 0.573. The van der Waals surface area contributed by atoms with Crippen LogP contribution in [-0.4, -0.2) is 42.5 Å². The van der Waals surface area contributed by atoms with Crippen LogP contribution in [0.3, 0.4) is 0 Å². The predicted molar refractivity (Wildman–Crippen MR) is 98.5 cm³/mol. The van der Waals surface area contributed by atoms with E-state index in [2.05, 4.69) is 29.6 Å². The van der Waals surface area contributed by atoms with Gasteiger partial charge >= 0.3 is 0 Å². The Labute approximate surface area is 155 Å². The molecule has 3 aliphatic rings. The second-order valence-electron chi connectivity index (χ2n) is 7.99. The molecular formula is C21H28N2O3. The molecule has 1 spiro atoms. The molecule has 1 N–H and O–H groups in total. The number of hydrogen-bond acceptors (Lipinski definition) is 3. The van der Waals surface area contributed by atoms with Crippen LogP contribution in [0.5, 0.6) is 0 Å². The summed E-state index contributed by atoms with van der Waals surface area (Å²) >= 11 is 0. The predicted octanol–water partition coefficient (Wildman–Crippen LogP) is 2.38. The second-order valence-corrected chi connectivity index (χ2v) is 7.99. The Kier molecular flexibility index (Phi) is 4.74. The topological polar surface area (TPSA) is 58.6 Å². The van der Waals surface area contributed by atoms with Gasteiger partial charge in [0.15, 0.2) is 0 Å². The van der Waals surface area contributed by atoms with Gasteiger partial charge in [-0.25, -0.2) is 0 Å². The van der Waals surface area contributed by atoms with E-state index in [1.54, 1.807) is 0 Å². The van der Waals surface area contributed by atoms with E-state index in [4.69, 9.17) is 4.74 Å². The third kappa shape index (κ3) is 3.25. The van der Waals surface area contributed by atoms with E-state index in [-0.39, 0.29) is 23.5 Å². The molecule has 0 radical (unpaired) electrons. The molecule has 1 aliphatic carbocycles. The van der Waals surface area contributed by atoms with E-state index in [0.717, 1.165) is 45.2 Å². The molecule has 1 aromatic rings. The van der Waals surface area contributed by atoms with E-state index < -0.39 is 0 Å². The van der Waals surface area contributed by atoms with Crippen LogP contribution in [0.25, 0.3) is 0 Å². The third-order valence-electron chi connectivity index (χ3n) is 6.26. The number of rotatable bonds is 3. The van der Waals surface area contributed by atoms with Gasteiger partial charge in [0.05, 0.1) is 11.7 Å². The van der Waals surface area contributed by atoms with Gasteiger partial charge in [0.2, 0.25) is 11.8 Å². The highest BCUT2D eigenvalue weighted by Gasteiger charge is 2.45. The van der Waals surface area contributed by atoms with E-state index in [0.29, 0.717) is 12.5 Å². The monoisotopic (exact) mass is 356 g/mol. The normalized spacial score (nSPS) is 24.7. The average molecular weight is 356 g/mol. The number of ether oxygens (including phenoxy) is 1. The fourth-order valence-electron chi connectivity index (χ4n) is 4.57. The highest BCUT2D eigenvalue weighted by Crippen LogP contribution is 2.43. The molecule has 1 atom stereocenters. The first-order chi connectivity index (χ1) is 12.6. The molecule has 5 nitrogen and oxygen atoms in total. The van der Waals surface area contributed by atoms with Crippen LogP contribution < -0.4 is 5.32 Å². The van der Waals surface area contributed by atoms with Crippen LogP contribution in [-0.2, 0) is 26.3 Å². The number of benzene rings is 1. The first-order valence-electron chi connectivity index (χ1n) is 9.87. The molecule has 1 aromatic carbocycles. The summed E-state index contributed by atoms with van der Waals surface area (Å²) in [5.41, 5.74) is 2.26. The Bertz CT molecular complexity index is 690. The largest absolute Gasteiger partial charge is 0.365 e. The Hall–Kier alpha value is -1.88. The molecular weight excluding hydrogens is 328 g/mol. The van der Waals surface area contributed by atoms with Gasteiger partial charge in [0, 0.05) is 38.9 Å². The van der Waals surface area contributed by atoms with Gasteiger partial charge in [-0.2, -0.15) is 0 Å². The Balaban J connectivity index is 1.50. The Morgan fingerprint density at radius 3 is 2.62 bits per heavy atom. The van der Waals surface area contributed by atoms with Gasteiger partial charge < -0.3 is 15.0 Å². The van der Waals surface area contributed by atoms with Crippen molar-refractivity contribution in [3.8, 4) is 0 Å². The SMILES string of the molecule is CC(=O)NCC1Cc2ccccc2C2(CCN(C(=O)C3CCC3)CC2)O1. The number of hydrogen-bond donors (Lipinski definition) is 1. The van der Waals surface area contributed by atoms with Crippen LogP contribution in [0.2, 0.25) is 0 Å². The second kappa shape index (κ2) is 7.03. The highest BCUT2D eigenvalue weighted by molar-refractivity contribution is 5.79. The highest BCUT2D eigenvalue weighted by atomic mass is 16.5. The molecule has 2 fully saturated rings. The quantitative estimate of drug-likeness (QED) is 0.905. The standard InChI is InChI=1S/C21H28N2O3/c1-15(24)22-14-18-13-17-5-2-3-8-19(17)21(26-18)9-11-23(12-10-21)20(25)16-6-4-7-16/h2-3,5,8,16,18H,4,6-7,9-14H2,1H3,(H,22,24). The van der Waals surface area contributed by atoms with E-state index in [1.807, 2.05) is 4.90 Å². The summed E-state index contributed by atoms with van der Waals surface area (Å²) < 4.78 is 6.57. The number of likely N-dealkylation sites (tertiary alicyclic amines) is 1. The minimum absolute atomic E-state index is 0.0114. The lowest BCUT2D eigenvalue weighted by Crippen LogP contribution is -2.53. The maximum Gasteiger partial charge on any atom is 0.225 e. The Morgan fingerprint density at radius 2 is 1.96 bits per heavy atom. The van der Waals surface area contributed by atoms with E-state index >= 15 is 0 Å². The molecule has 2 aliphatic heterocycles. The van der Waals surface area contributed by atoms with Crippen molar-refractivity contribution in [1.29, 1.82) is 0 Å². The van der Waals surface area contributed by atoms with Crippen LogP contribution in [0.4, 0.5) is 0 Å². The number of carbonyl (C=O) groups excluding carboxylic acids is 2. The number of carbonyl (C=O) groups is 2. The molecule has 5 heteroatoms.